The SMILES string of the molecule is CC1CCN(C(=O)CCNC(=O)c2ccccc2Cl)c2ccccc2S1. The number of nitrogens with one attached hydrogen (secondary N) is 1. The molecule has 1 atom stereocenters. The highest BCUT2D eigenvalue weighted by Crippen LogP contribution is 2.37. The maximum atomic E-state index is 12.7. The highest BCUT2D eigenvalue weighted by molar-refractivity contribution is 8.00. The molecule has 1 aliphatic rings. The molecule has 2 aromatic carbocycles. The fraction of sp³-hybridized carbons (Fsp3) is 0.300. The van der Waals surface area contributed by atoms with Crippen LogP contribution in [0.4, 0.5) is 5.69 Å². The number of amides is 2. The monoisotopic (exact) mass is 388 g/mol. The number of nitrogens with zero attached hydrogens (tertiary/aromatic N) is 1. The van der Waals surface area contributed by atoms with E-state index in [1.807, 2.05) is 23.1 Å². The van der Waals surface area contributed by atoms with E-state index in [-0.39, 0.29) is 24.8 Å². The van der Waals surface area contributed by atoms with Crippen molar-refractivity contribution in [3.8, 4) is 0 Å². The Bertz CT molecular complexity index is 812. The number of halogens is 1. The molecule has 0 saturated carbocycles. The highest BCUT2D eigenvalue weighted by Gasteiger charge is 2.23. The zero-order valence-corrected chi connectivity index (χ0v) is 16.1. The van der Waals surface area contributed by atoms with E-state index in [0.29, 0.717) is 22.4 Å². The van der Waals surface area contributed by atoms with Gasteiger partial charge in [-0.25, -0.2) is 0 Å². The summed E-state index contributed by atoms with van der Waals surface area (Å²) in [5, 5.41) is 3.65. The Kier molecular flexibility index (Phi) is 6.22. The van der Waals surface area contributed by atoms with Gasteiger partial charge >= 0.3 is 0 Å². The summed E-state index contributed by atoms with van der Waals surface area (Å²) >= 11 is 7.84. The Morgan fingerprint density at radius 2 is 1.92 bits per heavy atom. The molecular formula is C20H21ClN2O2S. The molecule has 4 nitrogen and oxygen atoms in total. The van der Waals surface area contributed by atoms with Crippen molar-refractivity contribution in [2.45, 2.75) is 29.9 Å². The Morgan fingerprint density at radius 3 is 2.73 bits per heavy atom. The van der Waals surface area contributed by atoms with Crippen LogP contribution in [0.2, 0.25) is 5.02 Å². The molecule has 0 spiro atoms. The first-order valence-electron chi connectivity index (χ1n) is 8.65. The highest BCUT2D eigenvalue weighted by atomic mass is 35.5. The molecule has 1 N–H and O–H groups in total. The fourth-order valence-electron chi connectivity index (χ4n) is 2.90. The van der Waals surface area contributed by atoms with Crippen LogP contribution in [0.25, 0.3) is 0 Å². The van der Waals surface area contributed by atoms with E-state index in [1.165, 1.54) is 0 Å². The Morgan fingerprint density at radius 1 is 1.19 bits per heavy atom. The van der Waals surface area contributed by atoms with Gasteiger partial charge in [-0.05, 0) is 30.7 Å². The molecule has 0 saturated heterocycles. The Balaban J connectivity index is 1.62. The lowest BCUT2D eigenvalue weighted by molar-refractivity contribution is -0.118. The molecule has 1 aliphatic heterocycles. The van der Waals surface area contributed by atoms with Gasteiger partial charge in [-0.3, -0.25) is 9.59 Å². The van der Waals surface area contributed by atoms with E-state index in [9.17, 15) is 9.59 Å². The van der Waals surface area contributed by atoms with Gasteiger partial charge in [0, 0.05) is 29.7 Å². The molecule has 2 amide bonds. The van der Waals surface area contributed by atoms with Gasteiger partial charge in [0.05, 0.1) is 16.3 Å². The molecule has 0 bridgehead atoms. The predicted molar refractivity (Wildman–Crippen MR) is 107 cm³/mol. The number of para-hydroxylation sites is 1. The van der Waals surface area contributed by atoms with E-state index >= 15 is 0 Å². The van der Waals surface area contributed by atoms with Crippen molar-refractivity contribution < 1.29 is 9.59 Å². The van der Waals surface area contributed by atoms with Gasteiger partial charge in [0.1, 0.15) is 0 Å². The van der Waals surface area contributed by atoms with Crippen LogP contribution in [0, 0.1) is 0 Å². The predicted octanol–water partition coefficient (Wildman–Crippen LogP) is 4.38. The number of carbonyl (C=O) groups excluding carboxylic acids is 2. The second-order valence-corrected chi connectivity index (χ2v) is 8.10. The topological polar surface area (TPSA) is 49.4 Å². The van der Waals surface area contributed by atoms with Crippen LogP contribution in [0.5, 0.6) is 0 Å². The molecule has 2 aromatic rings. The molecule has 0 radical (unpaired) electrons. The first kappa shape index (κ1) is 18.8. The lowest BCUT2D eigenvalue weighted by Crippen LogP contribution is -2.35. The van der Waals surface area contributed by atoms with Crippen LogP contribution in [-0.2, 0) is 4.79 Å². The number of anilines is 1. The molecule has 26 heavy (non-hydrogen) atoms. The quantitative estimate of drug-likeness (QED) is 0.845. The number of fused-ring (bicyclic) bond motifs is 1. The largest absolute Gasteiger partial charge is 0.351 e. The summed E-state index contributed by atoms with van der Waals surface area (Å²) in [6.07, 6.45) is 1.20. The molecule has 1 unspecified atom stereocenters. The van der Waals surface area contributed by atoms with Gasteiger partial charge in [-0.2, -0.15) is 0 Å². The summed E-state index contributed by atoms with van der Waals surface area (Å²) in [6.45, 7) is 3.16. The van der Waals surface area contributed by atoms with Crippen LogP contribution >= 0.6 is 23.4 Å². The van der Waals surface area contributed by atoms with Crippen LogP contribution in [-0.4, -0.2) is 30.2 Å². The van der Waals surface area contributed by atoms with Gasteiger partial charge < -0.3 is 10.2 Å². The zero-order chi connectivity index (χ0) is 18.5. The summed E-state index contributed by atoms with van der Waals surface area (Å²) in [5.41, 5.74) is 1.39. The van der Waals surface area contributed by atoms with Gasteiger partial charge in [-0.1, -0.05) is 42.8 Å². The van der Waals surface area contributed by atoms with Crippen molar-refractivity contribution in [3.05, 3.63) is 59.1 Å². The second-order valence-electron chi connectivity index (χ2n) is 6.22. The summed E-state index contributed by atoms with van der Waals surface area (Å²) in [5.74, 6) is -0.240. The van der Waals surface area contributed by atoms with Crippen LogP contribution in [0.3, 0.4) is 0 Å². The minimum absolute atomic E-state index is 0.0200. The number of rotatable bonds is 4. The number of benzene rings is 2. The molecule has 0 fully saturated rings. The van der Waals surface area contributed by atoms with E-state index < -0.39 is 0 Å². The van der Waals surface area contributed by atoms with Crippen molar-refractivity contribution in [3.63, 3.8) is 0 Å². The molecule has 136 valence electrons. The average molecular weight is 389 g/mol. The lowest BCUT2D eigenvalue weighted by atomic mass is 10.2. The van der Waals surface area contributed by atoms with Crippen molar-refractivity contribution >= 4 is 40.9 Å². The second kappa shape index (κ2) is 8.60. The molecule has 1 heterocycles. The molecular weight excluding hydrogens is 368 g/mol. The number of thioether (sulfide) groups is 1. The van der Waals surface area contributed by atoms with Crippen molar-refractivity contribution in [2.75, 3.05) is 18.0 Å². The smallest absolute Gasteiger partial charge is 0.252 e. The standard InChI is InChI=1S/C20H21ClN2O2S/c1-14-11-13-23(17-8-4-5-9-18(17)26-14)19(24)10-12-22-20(25)15-6-2-3-7-16(15)21/h2-9,14H,10-13H2,1H3,(H,22,25). The van der Waals surface area contributed by atoms with E-state index in [1.54, 1.807) is 36.0 Å². The summed E-state index contributed by atoms with van der Waals surface area (Å²) in [7, 11) is 0. The van der Waals surface area contributed by atoms with E-state index in [4.69, 9.17) is 11.6 Å². The Labute approximate surface area is 162 Å². The number of carbonyl (C=O) groups is 2. The van der Waals surface area contributed by atoms with Crippen LogP contribution < -0.4 is 10.2 Å². The maximum absolute atomic E-state index is 12.7. The molecule has 0 aromatic heterocycles. The summed E-state index contributed by atoms with van der Waals surface area (Å²) < 4.78 is 0. The fourth-order valence-corrected chi connectivity index (χ4v) is 4.24. The minimum atomic E-state index is -0.260. The minimum Gasteiger partial charge on any atom is -0.351 e. The third-order valence-corrected chi connectivity index (χ3v) is 5.85. The van der Waals surface area contributed by atoms with E-state index in [0.717, 1.165) is 17.0 Å². The average Bonchev–Trinajstić information content (AvgIpc) is 2.80. The molecule has 3 rings (SSSR count). The van der Waals surface area contributed by atoms with Crippen LogP contribution in [0.1, 0.15) is 30.1 Å². The maximum Gasteiger partial charge on any atom is 0.252 e. The van der Waals surface area contributed by atoms with Gasteiger partial charge in [-0.15, -0.1) is 11.8 Å². The Hall–Kier alpha value is -1.98. The van der Waals surface area contributed by atoms with Gasteiger partial charge in [0.2, 0.25) is 5.91 Å². The van der Waals surface area contributed by atoms with Gasteiger partial charge in [0.25, 0.3) is 5.91 Å². The van der Waals surface area contributed by atoms with E-state index in [2.05, 4.69) is 18.3 Å². The first-order valence-corrected chi connectivity index (χ1v) is 9.91. The first-order chi connectivity index (χ1) is 12.6. The number of hydrogen-bond acceptors (Lipinski definition) is 3. The molecule has 6 heteroatoms. The third-order valence-electron chi connectivity index (χ3n) is 4.29. The van der Waals surface area contributed by atoms with Crippen molar-refractivity contribution in [2.24, 2.45) is 0 Å². The lowest BCUT2D eigenvalue weighted by Gasteiger charge is -2.22. The summed E-state index contributed by atoms with van der Waals surface area (Å²) in [4.78, 5) is 27.9. The zero-order valence-electron chi connectivity index (χ0n) is 14.6. The van der Waals surface area contributed by atoms with Crippen LogP contribution in [0.15, 0.2) is 53.4 Å². The van der Waals surface area contributed by atoms with Gasteiger partial charge in [0.15, 0.2) is 0 Å². The summed E-state index contributed by atoms with van der Waals surface area (Å²) in [6, 6.07) is 14.9. The molecule has 0 aliphatic carbocycles. The van der Waals surface area contributed by atoms with Crippen molar-refractivity contribution in [1.29, 1.82) is 0 Å². The third kappa shape index (κ3) is 4.40. The number of hydrogen-bond donors (Lipinski definition) is 1. The van der Waals surface area contributed by atoms with Crippen molar-refractivity contribution in [1.82, 2.24) is 5.32 Å². The normalized spacial score (nSPS) is 16.5.